The number of anilines is 1. The number of hydrogen-bond donors (Lipinski definition) is 1. The Hall–Kier alpha value is -3.64. The minimum atomic E-state index is -0.144. The SMILES string of the molecule is COCCNC(=O)Cc1cccc(N(Cc2ccccc2)C(=O)c2cccc(OC)c2)c1. The van der Waals surface area contributed by atoms with E-state index in [0.29, 0.717) is 31.0 Å². The molecule has 0 spiro atoms. The van der Waals surface area contributed by atoms with Gasteiger partial charge in [0, 0.05) is 24.9 Å². The Kier molecular flexibility index (Phi) is 8.40. The number of methoxy groups -OCH3 is 2. The summed E-state index contributed by atoms with van der Waals surface area (Å²) in [5.41, 5.74) is 3.09. The van der Waals surface area contributed by atoms with Crippen LogP contribution in [0.2, 0.25) is 0 Å². The van der Waals surface area contributed by atoms with Crippen LogP contribution >= 0.6 is 0 Å². The highest BCUT2D eigenvalue weighted by molar-refractivity contribution is 6.06. The zero-order valence-corrected chi connectivity index (χ0v) is 18.4. The molecule has 0 heterocycles. The van der Waals surface area contributed by atoms with Crippen molar-refractivity contribution >= 4 is 17.5 Å². The minimum Gasteiger partial charge on any atom is -0.497 e. The lowest BCUT2D eigenvalue weighted by molar-refractivity contribution is -0.120. The van der Waals surface area contributed by atoms with Crippen LogP contribution in [0.3, 0.4) is 0 Å². The molecule has 0 saturated heterocycles. The van der Waals surface area contributed by atoms with Crippen molar-refractivity contribution in [2.24, 2.45) is 0 Å². The first kappa shape index (κ1) is 23.0. The van der Waals surface area contributed by atoms with Crippen LogP contribution in [0, 0.1) is 0 Å². The number of amides is 2. The Balaban J connectivity index is 1.87. The van der Waals surface area contributed by atoms with E-state index < -0.39 is 0 Å². The fourth-order valence-corrected chi connectivity index (χ4v) is 3.33. The molecule has 0 saturated carbocycles. The Labute approximate surface area is 188 Å². The van der Waals surface area contributed by atoms with Crippen LogP contribution in [-0.4, -0.2) is 39.2 Å². The summed E-state index contributed by atoms with van der Waals surface area (Å²) in [7, 11) is 3.17. The number of ether oxygens (including phenoxy) is 2. The Morgan fingerprint density at radius 3 is 2.38 bits per heavy atom. The number of rotatable bonds is 10. The van der Waals surface area contributed by atoms with E-state index in [1.54, 1.807) is 43.4 Å². The van der Waals surface area contributed by atoms with Crippen LogP contribution in [0.4, 0.5) is 5.69 Å². The van der Waals surface area contributed by atoms with Crippen molar-refractivity contribution in [2.45, 2.75) is 13.0 Å². The van der Waals surface area contributed by atoms with Crippen molar-refractivity contribution in [3.63, 3.8) is 0 Å². The van der Waals surface area contributed by atoms with Crippen molar-refractivity contribution in [2.75, 3.05) is 32.3 Å². The molecule has 1 N–H and O–H groups in total. The first-order valence-corrected chi connectivity index (χ1v) is 10.4. The summed E-state index contributed by atoms with van der Waals surface area (Å²) in [5.74, 6) is 0.388. The molecule has 166 valence electrons. The fourth-order valence-electron chi connectivity index (χ4n) is 3.33. The molecular weight excluding hydrogens is 404 g/mol. The largest absolute Gasteiger partial charge is 0.497 e. The van der Waals surface area contributed by atoms with Gasteiger partial charge in [-0.15, -0.1) is 0 Å². The Morgan fingerprint density at radius 1 is 0.875 bits per heavy atom. The Morgan fingerprint density at radius 2 is 1.62 bits per heavy atom. The highest BCUT2D eigenvalue weighted by Gasteiger charge is 2.19. The quantitative estimate of drug-likeness (QED) is 0.494. The first-order valence-electron chi connectivity index (χ1n) is 10.4. The summed E-state index contributed by atoms with van der Waals surface area (Å²) in [6.07, 6.45) is 0.226. The minimum absolute atomic E-state index is 0.0899. The molecule has 32 heavy (non-hydrogen) atoms. The highest BCUT2D eigenvalue weighted by atomic mass is 16.5. The molecule has 3 aromatic rings. The second-order valence-corrected chi connectivity index (χ2v) is 7.30. The lowest BCUT2D eigenvalue weighted by Crippen LogP contribution is -2.31. The van der Waals surface area contributed by atoms with Gasteiger partial charge in [-0.25, -0.2) is 0 Å². The maximum absolute atomic E-state index is 13.5. The topological polar surface area (TPSA) is 67.9 Å². The average Bonchev–Trinajstić information content (AvgIpc) is 2.83. The van der Waals surface area contributed by atoms with Gasteiger partial charge in [0.1, 0.15) is 5.75 Å². The monoisotopic (exact) mass is 432 g/mol. The number of nitrogens with one attached hydrogen (secondary N) is 1. The van der Waals surface area contributed by atoms with E-state index in [4.69, 9.17) is 9.47 Å². The molecule has 0 aliphatic heterocycles. The summed E-state index contributed by atoms with van der Waals surface area (Å²) in [6, 6.07) is 24.4. The molecule has 0 unspecified atom stereocenters. The lowest BCUT2D eigenvalue weighted by Gasteiger charge is -2.24. The zero-order valence-electron chi connectivity index (χ0n) is 18.4. The van der Waals surface area contributed by atoms with E-state index in [2.05, 4.69) is 5.32 Å². The molecule has 0 aliphatic rings. The molecule has 6 nitrogen and oxygen atoms in total. The van der Waals surface area contributed by atoms with Gasteiger partial charge in [-0.3, -0.25) is 9.59 Å². The molecule has 0 radical (unpaired) electrons. The third-order valence-corrected chi connectivity index (χ3v) is 4.96. The van der Waals surface area contributed by atoms with Gasteiger partial charge in [-0.1, -0.05) is 48.5 Å². The molecule has 0 aliphatic carbocycles. The Bertz CT molecular complexity index is 1040. The van der Waals surface area contributed by atoms with Crippen molar-refractivity contribution in [1.29, 1.82) is 0 Å². The van der Waals surface area contributed by atoms with Gasteiger partial charge in [0.25, 0.3) is 5.91 Å². The van der Waals surface area contributed by atoms with Gasteiger partial charge < -0.3 is 19.7 Å². The van der Waals surface area contributed by atoms with E-state index in [0.717, 1.165) is 16.8 Å². The molecular formula is C26H28N2O4. The highest BCUT2D eigenvalue weighted by Crippen LogP contribution is 2.23. The molecule has 2 amide bonds. The van der Waals surface area contributed by atoms with Crippen LogP contribution in [0.5, 0.6) is 5.75 Å². The van der Waals surface area contributed by atoms with Crippen LogP contribution in [0.1, 0.15) is 21.5 Å². The summed E-state index contributed by atoms with van der Waals surface area (Å²) >= 11 is 0. The van der Waals surface area contributed by atoms with Crippen molar-refractivity contribution in [1.82, 2.24) is 5.32 Å². The third kappa shape index (κ3) is 6.43. The third-order valence-electron chi connectivity index (χ3n) is 4.96. The van der Waals surface area contributed by atoms with Gasteiger partial charge in [0.05, 0.1) is 26.7 Å². The van der Waals surface area contributed by atoms with E-state index in [1.807, 2.05) is 54.6 Å². The van der Waals surface area contributed by atoms with Gasteiger partial charge in [0.2, 0.25) is 5.91 Å². The van der Waals surface area contributed by atoms with Crippen LogP contribution in [0.25, 0.3) is 0 Å². The molecule has 6 heteroatoms. The van der Waals surface area contributed by atoms with Gasteiger partial charge in [-0.05, 0) is 41.5 Å². The lowest BCUT2D eigenvalue weighted by atomic mass is 10.1. The van der Waals surface area contributed by atoms with Crippen LogP contribution in [-0.2, 0) is 22.5 Å². The molecule has 0 bridgehead atoms. The van der Waals surface area contributed by atoms with Crippen molar-refractivity contribution in [3.05, 3.63) is 95.6 Å². The first-order chi connectivity index (χ1) is 15.6. The van der Waals surface area contributed by atoms with E-state index in [-0.39, 0.29) is 18.2 Å². The predicted octanol–water partition coefficient (Wildman–Crippen LogP) is 3.85. The summed E-state index contributed by atoms with van der Waals surface area (Å²) in [6.45, 7) is 1.33. The number of carbonyl (C=O) groups excluding carboxylic acids is 2. The van der Waals surface area contributed by atoms with E-state index >= 15 is 0 Å². The standard InChI is InChI=1S/C26H28N2O4/c1-31-15-14-27-25(29)17-21-10-6-12-23(16-21)28(19-20-8-4-3-5-9-20)26(30)22-11-7-13-24(18-22)32-2/h3-13,16,18H,14-15,17,19H2,1-2H3,(H,27,29). The summed E-state index contributed by atoms with van der Waals surface area (Å²) in [4.78, 5) is 27.4. The smallest absolute Gasteiger partial charge is 0.258 e. The van der Waals surface area contributed by atoms with Gasteiger partial charge in [-0.2, -0.15) is 0 Å². The number of nitrogens with zero attached hydrogens (tertiary/aromatic N) is 1. The van der Waals surface area contributed by atoms with Gasteiger partial charge in [0.15, 0.2) is 0 Å². The summed E-state index contributed by atoms with van der Waals surface area (Å²) in [5, 5.41) is 2.82. The molecule has 3 rings (SSSR count). The maximum Gasteiger partial charge on any atom is 0.258 e. The second-order valence-electron chi connectivity index (χ2n) is 7.30. The number of hydrogen-bond acceptors (Lipinski definition) is 4. The molecule has 0 aromatic heterocycles. The predicted molar refractivity (Wildman–Crippen MR) is 125 cm³/mol. The zero-order chi connectivity index (χ0) is 22.8. The van der Waals surface area contributed by atoms with E-state index in [1.165, 1.54) is 0 Å². The summed E-state index contributed by atoms with van der Waals surface area (Å²) < 4.78 is 10.3. The fraction of sp³-hybridized carbons (Fsp3) is 0.231. The normalized spacial score (nSPS) is 10.4. The van der Waals surface area contributed by atoms with Gasteiger partial charge >= 0.3 is 0 Å². The molecule has 0 fully saturated rings. The average molecular weight is 433 g/mol. The number of benzene rings is 3. The van der Waals surface area contributed by atoms with Crippen LogP contribution < -0.4 is 15.0 Å². The van der Waals surface area contributed by atoms with Crippen molar-refractivity contribution in [3.8, 4) is 5.75 Å². The molecule has 3 aromatic carbocycles. The molecule has 0 atom stereocenters. The second kappa shape index (κ2) is 11.7. The number of carbonyl (C=O) groups is 2. The van der Waals surface area contributed by atoms with Crippen molar-refractivity contribution < 1.29 is 19.1 Å². The van der Waals surface area contributed by atoms with E-state index in [9.17, 15) is 9.59 Å². The van der Waals surface area contributed by atoms with Crippen LogP contribution in [0.15, 0.2) is 78.9 Å². The maximum atomic E-state index is 13.5.